The summed E-state index contributed by atoms with van der Waals surface area (Å²) in [5.41, 5.74) is 0. The fourth-order valence-electron chi connectivity index (χ4n) is 0.319. The lowest BCUT2D eigenvalue weighted by molar-refractivity contribution is 0.898. The first kappa shape index (κ1) is 7.00. The fraction of sp³-hybridized carbons (Fsp3) is 0.833. The molecule has 0 saturated carbocycles. The molecule has 0 aliphatic heterocycles. The van der Waals surface area contributed by atoms with E-state index in [1.165, 1.54) is 18.6 Å². The van der Waals surface area contributed by atoms with Gasteiger partial charge in [0.05, 0.1) is 0 Å². The molecular formula is C6H12S. The molecule has 0 atom stereocenters. The van der Waals surface area contributed by atoms with Gasteiger partial charge in [-0.2, -0.15) is 0 Å². The van der Waals surface area contributed by atoms with Crippen molar-refractivity contribution < 1.29 is 0 Å². The molecule has 0 aromatic heterocycles. The first-order chi connectivity index (χ1) is 3.41. The van der Waals surface area contributed by atoms with Crippen molar-refractivity contribution in [1.82, 2.24) is 0 Å². The van der Waals surface area contributed by atoms with Crippen LogP contribution in [0.25, 0.3) is 0 Å². The Kier molecular flexibility index (Phi) is 6.00. The maximum Gasteiger partial charge on any atom is 0.0178 e. The average Bonchev–Trinajstić information content (AvgIpc) is 1.69. The van der Waals surface area contributed by atoms with E-state index in [-0.39, 0.29) is 0 Å². The Labute approximate surface area is 49.5 Å². The van der Waals surface area contributed by atoms with Crippen LogP contribution in [-0.2, 0) is 0 Å². The molecule has 0 heterocycles. The van der Waals surface area contributed by atoms with Gasteiger partial charge in [-0.1, -0.05) is 18.5 Å². The molecule has 0 N–H and O–H groups in total. The second-order valence-corrected chi connectivity index (χ2v) is 2.51. The largest absolute Gasteiger partial charge is 0.135 e. The number of unbranched alkanes of at least 4 members (excludes halogenated alkanes) is 1. The summed E-state index contributed by atoms with van der Waals surface area (Å²) in [4.78, 5) is 0. The van der Waals surface area contributed by atoms with Gasteiger partial charge in [0.25, 0.3) is 0 Å². The Bertz CT molecular complexity index is 75.9. The van der Waals surface area contributed by atoms with E-state index >= 15 is 0 Å². The molecule has 0 aliphatic carbocycles. The molecule has 0 unspecified atom stereocenters. The summed E-state index contributed by atoms with van der Waals surface area (Å²) < 4.78 is 0. The van der Waals surface area contributed by atoms with Crippen molar-refractivity contribution in [3.63, 3.8) is 0 Å². The minimum absolute atomic E-state index is 1.24. The van der Waals surface area contributed by atoms with Crippen molar-refractivity contribution in [1.29, 1.82) is 0 Å². The molecule has 0 nitrogen and oxygen atoms in total. The zero-order valence-electron chi connectivity index (χ0n) is 5.03. The molecule has 0 rings (SSSR count). The van der Waals surface area contributed by atoms with E-state index < -0.39 is 0 Å². The molecular weight excluding hydrogens is 104 g/mol. The van der Waals surface area contributed by atoms with Crippen LogP contribution in [0, 0.1) is 5.18 Å². The molecule has 0 aromatic carbocycles. The predicted molar refractivity (Wildman–Crippen MR) is 36.9 cm³/mol. The molecule has 0 fully saturated rings. The van der Waals surface area contributed by atoms with E-state index in [1.807, 2.05) is 6.92 Å². The normalized spacial score (nSPS) is 7.71. The standard InChI is InChI=1S/C6H12S/c1-3-5-6-7-4-2/h3,5-6H2,1-2H3. The molecule has 1 heteroatoms. The maximum absolute atomic E-state index is 3.02. The van der Waals surface area contributed by atoms with Gasteiger partial charge in [-0.05, 0) is 13.3 Å². The van der Waals surface area contributed by atoms with Crippen molar-refractivity contribution in [3.8, 4) is 5.18 Å². The lowest BCUT2D eigenvalue weighted by Crippen LogP contribution is -1.67. The van der Waals surface area contributed by atoms with Gasteiger partial charge in [-0.25, -0.2) is 0 Å². The summed E-state index contributed by atoms with van der Waals surface area (Å²) in [7, 11) is 0. The Morgan fingerprint density at radius 1 is 1.57 bits per heavy atom. The van der Waals surface area contributed by atoms with Gasteiger partial charge in [0.2, 0.25) is 0 Å². The smallest absolute Gasteiger partial charge is 0.0178 e. The van der Waals surface area contributed by atoms with Gasteiger partial charge in [0.1, 0.15) is 0 Å². The molecule has 42 valence electrons. The van der Waals surface area contributed by atoms with E-state index in [4.69, 9.17) is 0 Å². The second-order valence-electron chi connectivity index (χ2n) is 1.41. The van der Waals surface area contributed by atoms with Gasteiger partial charge in [0.15, 0.2) is 0 Å². The van der Waals surface area contributed by atoms with Crippen molar-refractivity contribution >= 4 is 11.2 Å². The summed E-state index contributed by atoms with van der Waals surface area (Å²) in [5, 5.41) is 3.02. The zero-order chi connectivity index (χ0) is 5.54. The minimum atomic E-state index is 1.24. The summed E-state index contributed by atoms with van der Waals surface area (Å²) in [5.74, 6) is 1.24. The van der Waals surface area contributed by atoms with Crippen LogP contribution in [0.1, 0.15) is 26.7 Å². The van der Waals surface area contributed by atoms with Crippen LogP contribution in [0.3, 0.4) is 0 Å². The monoisotopic (exact) mass is 116 g/mol. The Hall–Kier alpha value is 0. The van der Waals surface area contributed by atoms with E-state index in [2.05, 4.69) is 12.1 Å². The molecule has 0 radical (unpaired) electrons. The highest BCUT2D eigenvalue weighted by atomic mass is 32.1. The Morgan fingerprint density at radius 3 is 2.71 bits per heavy atom. The SMILES string of the molecule is CC#SCCCC. The van der Waals surface area contributed by atoms with Crippen LogP contribution in [-0.4, -0.2) is 5.75 Å². The van der Waals surface area contributed by atoms with Crippen molar-refractivity contribution in [2.75, 3.05) is 5.75 Å². The highest BCUT2D eigenvalue weighted by molar-refractivity contribution is 7.88. The third-order valence-electron chi connectivity index (χ3n) is 0.744. The minimum Gasteiger partial charge on any atom is -0.135 e. The second kappa shape index (κ2) is 6.00. The molecule has 7 heavy (non-hydrogen) atoms. The molecule has 0 amide bonds. The Morgan fingerprint density at radius 2 is 2.29 bits per heavy atom. The van der Waals surface area contributed by atoms with Crippen LogP contribution in [0.5, 0.6) is 0 Å². The van der Waals surface area contributed by atoms with Crippen LogP contribution < -0.4 is 0 Å². The quantitative estimate of drug-likeness (QED) is 0.486. The summed E-state index contributed by atoms with van der Waals surface area (Å²) in [6.45, 7) is 4.16. The van der Waals surface area contributed by atoms with Crippen molar-refractivity contribution in [2.24, 2.45) is 0 Å². The van der Waals surface area contributed by atoms with E-state index in [0.29, 0.717) is 0 Å². The lowest BCUT2D eigenvalue weighted by atomic mass is 10.4. The summed E-state index contributed by atoms with van der Waals surface area (Å²) >= 11 is 1.78. The maximum atomic E-state index is 3.02. The van der Waals surface area contributed by atoms with Crippen LogP contribution in [0.2, 0.25) is 0 Å². The summed E-state index contributed by atoms with van der Waals surface area (Å²) in [6, 6.07) is 0. The van der Waals surface area contributed by atoms with Gasteiger partial charge in [-0.15, -0.1) is 11.2 Å². The molecule has 0 aromatic rings. The third-order valence-corrected chi connectivity index (χ3v) is 1.53. The summed E-state index contributed by atoms with van der Waals surface area (Å²) in [6.07, 6.45) is 2.63. The van der Waals surface area contributed by atoms with Crippen LogP contribution >= 0.6 is 11.2 Å². The number of hydrogen-bond acceptors (Lipinski definition) is 0. The van der Waals surface area contributed by atoms with Crippen LogP contribution in [0.15, 0.2) is 0 Å². The van der Waals surface area contributed by atoms with Crippen LogP contribution in [0.4, 0.5) is 0 Å². The van der Waals surface area contributed by atoms with E-state index in [9.17, 15) is 0 Å². The number of rotatable bonds is 2. The molecule has 0 spiro atoms. The highest BCUT2D eigenvalue weighted by Crippen LogP contribution is 1.90. The molecule has 0 saturated heterocycles. The molecule has 0 aliphatic rings. The lowest BCUT2D eigenvalue weighted by Gasteiger charge is -1.80. The average molecular weight is 116 g/mol. The van der Waals surface area contributed by atoms with Crippen molar-refractivity contribution in [2.45, 2.75) is 26.7 Å². The fourth-order valence-corrected chi connectivity index (χ4v) is 0.956. The van der Waals surface area contributed by atoms with E-state index in [0.717, 1.165) is 0 Å². The van der Waals surface area contributed by atoms with E-state index in [1.54, 1.807) is 11.2 Å². The first-order valence-electron chi connectivity index (χ1n) is 2.70. The zero-order valence-corrected chi connectivity index (χ0v) is 5.85. The molecule has 0 bridgehead atoms. The third kappa shape index (κ3) is 6.00. The van der Waals surface area contributed by atoms with Crippen molar-refractivity contribution in [3.05, 3.63) is 0 Å². The highest BCUT2D eigenvalue weighted by Gasteiger charge is 1.72. The Balaban J connectivity index is 2.78. The topological polar surface area (TPSA) is 0 Å². The van der Waals surface area contributed by atoms with Gasteiger partial charge < -0.3 is 0 Å². The first-order valence-corrected chi connectivity index (χ1v) is 3.69. The van der Waals surface area contributed by atoms with Gasteiger partial charge in [0, 0.05) is 5.75 Å². The van der Waals surface area contributed by atoms with Gasteiger partial charge in [-0.3, -0.25) is 0 Å². The van der Waals surface area contributed by atoms with Gasteiger partial charge >= 0.3 is 0 Å². The predicted octanol–water partition coefficient (Wildman–Crippen LogP) is 2.50. The number of hydrogen-bond donors (Lipinski definition) is 0.